The summed E-state index contributed by atoms with van der Waals surface area (Å²) < 4.78 is 0. The SMILES string of the molecule is CC1(C)C2CCC(C)(C3CC4BC(CCC4)C3)[C@@H]1C2. The molecule has 3 saturated carbocycles. The minimum absolute atomic E-state index is 0.666. The molecule has 0 radical (unpaired) electrons. The van der Waals surface area contributed by atoms with E-state index in [0.717, 1.165) is 29.4 Å². The van der Waals surface area contributed by atoms with Crippen LogP contribution in [-0.2, 0) is 0 Å². The van der Waals surface area contributed by atoms with E-state index in [9.17, 15) is 0 Å². The van der Waals surface area contributed by atoms with Gasteiger partial charge in [-0.15, -0.1) is 0 Å². The van der Waals surface area contributed by atoms with Gasteiger partial charge in [0.05, 0.1) is 0 Å². The molecule has 19 heavy (non-hydrogen) atoms. The quantitative estimate of drug-likeness (QED) is 0.577. The maximum absolute atomic E-state index is 2.69. The van der Waals surface area contributed by atoms with Gasteiger partial charge in [-0.25, -0.2) is 0 Å². The predicted molar refractivity (Wildman–Crippen MR) is 83.9 cm³/mol. The lowest BCUT2D eigenvalue weighted by atomic mass is 9.34. The molecule has 0 aromatic rings. The van der Waals surface area contributed by atoms with E-state index < -0.39 is 0 Å². The van der Waals surface area contributed by atoms with Crippen molar-refractivity contribution in [2.24, 2.45) is 28.6 Å². The highest BCUT2D eigenvalue weighted by Gasteiger charge is 2.61. The molecule has 0 nitrogen and oxygen atoms in total. The first-order chi connectivity index (χ1) is 9.00. The van der Waals surface area contributed by atoms with E-state index in [-0.39, 0.29) is 0 Å². The van der Waals surface area contributed by atoms with Crippen molar-refractivity contribution in [3.8, 4) is 0 Å². The molecule has 106 valence electrons. The van der Waals surface area contributed by atoms with Crippen molar-refractivity contribution < 1.29 is 0 Å². The first kappa shape index (κ1) is 12.8. The standard InChI is InChI=1S/C18H31B/c1-17(2)12-7-8-18(3,16(17)11-12)13-9-14-5-4-6-15(10-13)19-14/h12-16,19H,4-11H2,1-3H3/t12?,13?,14?,15?,16-,18?/m1/s1. The van der Waals surface area contributed by atoms with Gasteiger partial charge < -0.3 is 0 Å². The third kappa shape index (κ3) is 1.72. The summed E-state index contributed by atoms with van der Waals surface area (Å²) in [4.78, 5) is 0. The Bertz CT molecular complexity index is 360. The molecule has 3 aliphatic carbocycles. The van der Waals surface area contributed by atoms with Crippen LogP contribution in [0.3, 0.4) is 0 Å². The van der Waals surface area contributed by atoms with Crippen LogP contribution in [-0.4, -0.2) is 7.28 Å². The Morgan fingerprint density at radius 2 is 1.53 bits per heavy atom. The first-order valence-corrected chi connectivity index (χ1v) is 9.00. The molecule has 0 amide bonds. The van der Waals surface area contributed by atoms with Crippen molar-refractivity contribution >= 4 is 7.28 Å². The predicted octanol–water partition coefficient (Wildman–Crippen LogP) is 5.06. The molecule has 5 rings (SSSR count). The van der Waals surface area contributed by atoms with Gasteiger partial charge in [-0.3, -0.25) is 0 Å². The van der Waals surface area contributed by atoms with Crippen molar-refractivity contribution in [3.05, 3.63) is 0 Å². The summed E-state index contributed by atoms with van der Waals surface area (Å²) in [5.74, 6) is 5.39. The molecule has 0 aromatic heterocycles. The molecule has 5 fully saturated rings. The molecule has 5 aliphatic rings. The van der Waals surface area contributed by atoms with Crippen LogP contribution in [0.5, 0.6) is 0 Å². The second-order valence-corrected chi connectivity index (χ2v) is 9.42. The van der Waals surface area contributed by atoms with Gasteiger partial charge >= 0.3 is 0 Å². The van der Waals surface area contributed by atoms with Crippen molar-refractivity contribution in [1.82, 2.24) is 0 Å². The molecular weight excluding hydrogens is 227 g/mol. The fraction of sp³-hybridized carbons (Fsp3) is 1.00. The minimum atomic E-state index is 0.666. The van der Waals surface area contributed by atoms with Crippen LogP contribution in [0.25, 0.3) is 0 Å². The summed E-state index contributed by atoms with van der Waals surface area (Å²) in [5.41, 5.74) is 1.37. The fourth-order valence-electron chi connectivity index (χ4n) is 7.04. The van der Waals surface area contributed by atoms with Crippen molar-refractivity contribution in [1.29, 1.82) is 0 Å². The van der Waals surface area contributed by atoms with Gasteiger partial charge in [0.1, 0.15) is 7.28 Å². The normalized spacial score (nSPS) is 55.0. The smallest absolute Gasteiger partial charge is 0.0651 e. The Balaban J connectivity index is 1.57. The van der Waals surface area contributed by atoms with Crippen molar-refractivity contribution in [2.45, 2.75) is 83.8 Å². The Labute approximate surface area is 120 Å². The topological polar surface area (TPSA) is 0 Å². The van der Waals surface area contributed by atoms with E-state index in [4.69, 9.17) is 0 Å². The lowest BCUT2D eigenvalue weighted by molar-refractivity contribution is -0.175. The average molecular weight is 258 g/mol. The molecule has 2 heterocycles. The third-order valence-electron chi connectivity index (χ3n) is 8.36. The molecule has 5 atom stereocenters. The van der Waals surface area contributed by atoms with Crippen LogP contribution in [0, 0.1) is 28.6 Å². The highest BCUT2D eigenvalue weighted by atomic mass is 14.7. The molecule has 1 heteroatoms. The average Bonchev–Trinajstić information content (AvgIpc) is 2.38. The second-order valence-electron chi connectivity index (χ2n) is 9.42. The molecule has 4 unspecified atom stereocenters. The molecule has 2 aliphatic heterocycles. The van der Waals surface area contributed by atoms with E-state index in [0.29, 0.717) is 10.8 Å². The maximum atomic E-state index is 2.69. The van der Waals surface area contributed by atoms with Gasteiger partial charge in [-0.1, -0.05) is 64.5 Å². The van der Waals surface area contributed by atoms with E-state index in [2.05, 4.69) is 20.8 Å². The van der Waals surface area contributed by atoms with Crippen LogP contribution >= 0.6 is 0 Å². The molecule has 0 spiro atoms. The van der Waals surface area contributed by atoms with Crippen LogP contribution in [0.15, 0.2) is 0 Å². The van der Waals surface area contributed by atoms with Gasteiger partial charge in [0.15, 0.2) is 0 Å². The summed E-state index contributed by atoms with van der Waals surface area (Å²) >= 11 is 0. The maximum Gasteiger partial charge on any atom is 0.127 e. The summed E-state index contributed by atoms with van der Waals surface area (Å²) in [7, 11) is 1.59. The number of rotatable bonds is 1. The highest BCUT2D eigenvalue weighted by molar-refractivity contribution is 6.40. The monoisotopic (exact) mass is 258 g/mol. The third-order valence-corrected chi connectivity index (χ3v) is 8.36. The largest absolute Gasteiger partial charge is 0.127 e. The zero-order chi connectivity index (χ0) is 13.3. The Morgan fingerprint density at radius 1 is 0.842 bits per heavy atom. The zero-order valence-corrected chi connectivity index (χ0v) is 13.3. The second kappa shape index (κ2) is 4.04. The van der Waals surface area contributed by atoms with Crippen LogP contribution in [0.1, 0.15) is 72.1 Å². The van der Waals surface area contributed by atoms with Crippen LogP contribution in [0.4, 0.5) is 0 Å². The van der Waals surface area contributed by atoms with Gasteiger partial charge in [0.25, 0.3) is 0 Å². The zero-order valence-electron chi connectivity index (χ0n) is 13.3. The number of fused-ring (bicyclic) bond motifs is 4. The molecular formula is C18H31B. The molecule has 0 N–H and O–H groups in total. The summed E-state index contributed by atoms with van der Waals surface area (Å²) in [6.45, 7) is 7.85. The Hall–Kier alpha value is 0.0649. The highest BCUT2D eigenvalue weighted by Crippen LogP contribution is 2.70. The lowest BCUT2D eigenvalue weighted by Gasteiger charge is -2.67. The minimum Gasteiger partial charge on any atom is -0.0651 e. The van der Waals surface area contributed by atoms with Gasteiger partial charge in [-0.2, -0.15) is 0 Å². The van der Waals surface area contributed by atoms with E-state index in [1.165, 1.54) is 12.8 Å². The molecule has 4 bridgehead atoms. The van der Waals surface area contributed by atoms with E-state index in [1.54, 1.807) is 45.8 Å². The first-order valence-electron chi connectivity index (χ1n) is 9.00. The van der Waals surface area contributed by atoms with Crippen molar-refractivity contribution in [3.63, 3.8) is 0 Å². The van der Waals surface area contributed by atoms with Gasteiger partial charge in [0.2, 0.25) is 0 Å². The molecule has 2 saturated heterocycles. The van der Waals surface area contributed by atoms with Gasteiger partial charge in [-0.05, 0) is 47.8 Å². The molecule has 0 aromatic carbocycles. The fourth-order valence-corrected chi connectivity index (χ4v) is 7.04. The summed E-state index contributed by atoms with van der Waals surface area (Å²) in [6.07, 6.45) is 12.5. The number of hydrogen-bond donors (Lipinski definition) is 0. The Morgan fingerprint density at radius 3 is 2.11 bits per heavy atom. The summed E-state index contributed by atoms with van der Waals surface area (Å²) in [6, 6.07) is 0. The summed E-state index contributed by atoms with van der Waals surface area (Å²) in [5, 5.41) is 0. The Kier molecular flexibility index (Phi) is 2.72. The van der Waals surface area contributed by atoms with E-state index in [1.807, 2.05) is 0 Å². The van der Waals surface area contributed by atoms with Crippen LogP contribution < -0.4 is 0 Å². The lowest BCUT2D eigenvalue weighted by Crippen LogP contribution is -2.59. The van der Waals surface area contributed by atoms with Gasteiger partial charge in [0, 0.05) is 0 Å². The van der Waals surface area contributed by atoms with Crippen LogP contribution in [0.2, 0.25) is 11.6 Å². The van der Waals surface area contributed by atoms with E-state index >= 15 is 0 Å². The number of hydrogen-bond acceptors (Lipinski definition) is 0. The van der Waals surface area contributed by atoms with Crippen molar-refractivity contribution in [2.75, 3.05) is 0 Å².